The number of rotatable bonds is 5. The zero-order chi connectivity index (χ0) is 17.9. The van der Waals surface area contributed by atoms with Gasteiger partial charge in [0.15, 0.2) is 0 Å². The molecule has 2 rings (SSSR count). The second-order valence-corrected chi connectivity index (χ2v) is 7.85. The van der Waals surface area contributed by atoms with Crippen LogP contribution in [0.4, 0.5) is 0 Å². The Bertz CT molecular complexity index is 845. The third-order valence-corrected chi connectivity index (χ3v) is 6.17. The monoisotopic (exact) mass is 385 g/mol. The van der Waals surface area contributed by atoms with Gasteiger partial charge in [-0.1, -0.05) is 23.2 Å². The fraction of sp³-hybridized carbons (Fsp3) is 0.235. The molecule has 2 aromatic rings. The average Bonchev–Trinajstić information content (AvgIpc) is 2.58. The molecule has 0 spiro atoms. The molecule has 0 saturated carbocycles. The highest BCUT2D eigenvalue weighted by Crippen LogP contribution is 2.28. The van der Waals surface area contributed by atoms with Gasteiger partial charge in [-0.3, -0.25) is 4.79 Å². The Balaban J connectivity index is 2.36. The zero-order valence-corrected chi connectivity index (χ0v) is 15.6. The summed E-state index contributed by atoms with van der Waals surface area (Å²) in [4.78, 5) is 14.1. The van der Waals surface area contributed by atoms with E-state index in [4.69, 9.17) is 23.2 Å². The van der Waals surface area contributed by atoms with Gasteiger partial charge in [0, 0.05) is 18.7 Å². The van der Waals surface area contributed by atoms with E-state index >= 15 is 0 Å². The van der Waals surface area contributed by atoms with Crippen LogP contribution in [-0.4, -0.2) is 32.3 Å². The summed E-state index contributed by atoms with van der Waals surface area (Å²) in [5.41, 5.74) is 0.451. The highest BCUT2D eigenvalue weighted by molar-refractivity contribution is 7.91. The summed E-state index contributed by atoms with van der Waals surface area (Å²) < 4.78 is 25.3. The van der Waals surface area contributed by atoms with Gasteiger partial charge in [0.2, 0.25) is 9.84 Å². The van der Waals surface area contributed by atoms with Crippen LogP contribution in [0.5, 0.6) is 0 Å². The summed E-state index contributed by atoms with van der Waals surface area (Å²) in [6.45, 7) is 4.98. The van der Waals surface area contributed by atoms with Gasteiger partial charge in [0.05, 0.1) is 19.8 Å². The molecule has 1 amide bonds. The minimum absolute atomic E-state index is 0.0553. The van der Waals surface area contributed by atoms with Crippen molar-refractivity contribution in [1.82, 2.24) is 4.90 Å². The predicted octanol–water partition coefficient (Wildman–Crippen LogP) is 4.31. The highest BCUT2D eigenvalue weighted by Gasteiger charge is 2.20. The smallest absolute Gasteiger partial charge is 0.253 e. The summed E-state index contributed by atoms with van der Waals surface area (Å²) in [5, 5.41) is 0.460. The van der Waals surface area contributed by atoms with Crippen molar-refractivity contribution in [2.24, 2.45) is 0 Å². The fourth-order valence-corrected chi connectivity index (χ4v) is 3.90. The Morgan fingerprint density at radius 2 is 1.46 bits per heavy atom. The topological polar surface area (TPSA) is 54.5 Å². The highest BCUT2D eigenvalue weighted by atomic mass is 35.5. The molecule has 0 saturated heterocycles. The molecule has 0 aliphatic rings. The van der Waals surface area contributed by atoms with Crippen LogP contribution in [-0.2, 0) is 9.84 Å². The van der Waals surface area contributed by atoms with Crippen LogP contribution >= 0.6 is 23.2 Å². The number of hydrogen-bond donors (Lipinski definition) is 0. The van der Waals surface area contributed by atoms with Crippen LogP contribution in [0.25, 0.3) is 0 Å². The third kappa shape index (κ3) is 3.74. The fourth-order valence-electron chi connectivity index (χ4n) is 2.25. The van der Waals surface area contributed by atoms with Crippen molar-refractivity contribution >= 4 is 38.9 Å². The lowest BCUT2D eigenvalue weighted by Gasteiger charge is -2.18. The molecule has 0 atom stereocenters. The Morgan fingerprint density at radius 3 is 1.96 bits per heavy atom. The molecule has 0 radical (unpaired) electrons. The third-order valence-electron chi connectivity index (χ3n) is 3.66. The second-order valence-electron chi connectivity index (χ2n) is 5.08. The molecule has 7 heteroatoms. The van der Waals surface area contributed by atoms with Gasteiger partial charge in [-0.05, 0) is 56.3 Å². The number of sulfone groups is 1. The predicted molar refractivity (Wildman–Crippen MR) is 95.6 cm³/mol. The molecule has 0 fully saturated rings. The van der Waals surface area contributed by atoms with Crippen LogP contribution in [0.15, 0.2) is 52.3 Å². The summed E-state index contributed by atoms with van der Waals surface area (Å²) >= 11 is 11.7. The molecule has 2 aromatic carbocycles. The van der Waals surface area contributed by atoms with Crippen molar-refractivity contribution in [3.8, 4) is 0 Å². The molecule has 4 nitrogen and oxygen atoms in total. The second kappa shape index (κ2) is 7.55. The number of nitrogens with zero attached hydrogens (tertiary/aromatic N) is 1. The van der Waals surface area contributed by atoms with E-state index in [-0.39, 0.29) is 25.7 Å². The molecule has 0 aliphatic carbocycles. The van der Waals surface area contributed by atoms with E-state index in [9.17, 15) is 13.2 Å². The number of hydrogen-bond acceptors (Lipinski definition) is 3. The van der Waals surface area contributed by atoms with Crippen molar-refractivity contribution < 1.29 is 13.2 Å². The zero-order valence-electron chi connectivity index (χ0n) is 13.3. The first-order valence-electron chi connectivity index (χ1n) is 7.40. The van der Waals surface area contributed by atoms with Gasteiger partial charge in [0.1, 0.15) is 0 Å². The van der Waals surface area contributed by atoms with Crippen molar-refractivity contribution in [2.45, 2.75) is 23.6 Å². The van der Waals surface area contributed by atoms with Crippen LogP contribution in [0, 0.1) is 0 Å². The van der Waals surface area contributed by atoms with E-state index in [1.165, 1.54) is 42.5 Å². The van der Waals surface area contributed by atoms with E-state index in [1.807, 2.05) is 13.8 Å². The van der Waals surface area contributed by atoms with E-state index in [2.05, 4.69) is 0 Å². The summed E-state index contributed by atoms with van der Waals surface area (Å²) in [6, 6.07) is 10.0. The van der Waals surface area contributed by atoms with Crippen LogP contribution in [0.1, 0.15) is 24.2 Å². The summed E-state index contributed by atoms with van der Waals surface area (Å²) in [6.07, 6.45) is 0. The Kier molecular flexibility index (Phi) is 5.91. The molecule has 128 valence electrons. The van der Waals surface area contributed by atoms with Gasteiger partial charge in [-0.25, -0.2) is 8.42 Å². The average molecular weight is 386 g/mol. The molecule has 0 heterocycles. The first kappa shape index (κ1) is 18.8. The number of carbonyl (C=O) groups excluding carboxylic acids is 1. The van der Waals surface area contributed by atoms with Gasteiger partial charge >= 0.3 is 0 Å². The number of benzene rings is 2. The van der Waals surface area contributed by atoms with E-state index in [1.54, 1.807) is 4.90 Å². The Labute approximate surface area is 151 Å². The van der Waals surface area contributed by atoms with Gasteiger partial charge < -0.3 is 4.90 Å². The lowest BCUT2D eigenvalue weighted by molar-refractivity contribution is 0.0773. The maximum Gasteiger partial charge on any atom is 0.253 e. The molecule has 0 aromatic heterocycles. The van der Waals surface area contributed by atoms with Crippen molar-refractivity contribution in [2.75, 3.05) is 13.1 Å². The first-order chi connectivity index (χ1) is 11.3. The van der Waals surface area contributed by atoms with Crippen LogP contribution in [0.2, 0.25) is 10.0 Å². The molecular formula is C17H17Cl2NO3S. The normalized spacial score (nSPS) is 11.3. The van der Waals surface area contributed by atoms with Gasteiger partial charge in [-0.15, -0.1) is 0 Å². The van der Waals surface area contributed by atoms with Crippen LogP contribution in [0.3, 0.4) is 0 Å². The number of carbonyl (C=O) groups is 1. The molecule has 0 aliphatic heterocycles. The minimum Gasteiger partial charge on any atom is -0.339 e. The van der Waals surface area contributed by atoms with E-state index in [0.29, 0.717) is 18.7 Å². The maximum absolute atomic E-state index is 12.6. The van der Waals surface area contributed by atoms with Gasteiger partial charge in [0.25, 0.3) is 5.91 Å². The minimum atomic E-state index is -3.72. The van der Waals surface area contributed by atoms with Crippen molar-refractivity contribution in [3.63, 3.8) is 0 Å². The lowest BCUT2D eigenvalue weighted by atomic mass is 10.2. The van der Waals surface area contributed by atoms with Crippen molar-refractivity contribution in [3.05, 3.63) is 58.1 Å². The summed E-state index contributed by atoms with van der Waals surface area (Å²) in [5.74, 6) is -0.126. The lowest BCUT2D eigenvalue weighted by Crippen LogP contribution is -2.30. The number of amides is 1. The molecule has 0 N–H and O–H groups in total. The van der Waals surface area contributed by atoms with Gasteiger partial charge in [-0.2, -0.15) is 0 Å². The first-order valence-corrected chi connectivity index (χ1v) is 9.64. The Hall–Kier alpha value is -1.56. The SMILES string of the molecule is CCN(CC)C(=O)c1ccc(S(=O)(=O)c2ccc(Cl)c(Cl)c2)cc1. The van der Waals surface area contributed by atoms with E-state index in [0.717, 1.165) is 0 Å². The molecule has 0 unspecified atom stereocenters. The standard InChI is InChI=1S/C17H17Cl2NO3S/c1-3-20(4-2)17(21)12-5-7-13(8-6-12)24(22,23)14-9-10-15(18)16(19)11-14/h5-11H,3-4H2,1-2H3. The quantitative estimate of drug-likeness (QED) is 0.770. The summed E-state index contributed by atoms with van der Waals surface area (Å²) in [7, 11) is -3.72. The molecular weight excluding hydrogens is 369 g/mol. The van der Waals surface area contributed by atoms with Crippen LogP contribution < -0.4 is 0 Å². The largest absolute Gasteiger partial charge is 0.339 e. The maximum atomic E-state index is 12.6. The number of halogens is 2. The Morgan fingerprint density at radius 1 is 0.917 bits per heavy atom. The van der Waals surface area contributed by atoms with Crippen molar-refractivity contribution in [1.29, 1.82) is 0 Å². The van der Waals surface area contributed by atoms with E-state index < -0.39 is 9.84 Å². The molecule has 0 bridgehead atoms. The molecule has 24 heavy (non-hydrogen) atoms.